The maximum absolute atomic E-state index is 10.8. The minimum Gasteiger partial charge on any atom is -0.387 e. The van der Waals surface area contributed by atoms with Crippen LogP contribution in [0.1, 0.15) is 43.9 Å². The lowest BCUT2D eigenvalue weighted by atomic mass is 9.70. The first-order valence-corrected chi connectivity index (χ1v) is 7.44. The fourth-order valence-corrected chi connectivity index (χ4v) is 3.40. The van der Waals surface area contributed by atoms with Crippen molar-refractivity contribution in [2.24, 2.45) is 0 Å². The first-order valence-electron chi connectivity index (χ1n) is 6.50. The Bertz CT molecular complexity index is 457. The summed E-state index contributed by atoms with van der Waals surface area (Å²) in [6.45, 7) is 4.32. The summed E-state index contributed by atoms with van der Waals surface area (Å²) in [7, 11) is 0. The Labute approximate surface area is 113 Å². The minimum absolute atomic E-state index is 0.178. The molecule has 2 rings (SSSR count). The lowest BCUT2D eigenvalue weighted by Crippen LogP contribution is -2.32. The summed E-state index contributed by atoms with van der Waals surface area (Å²) in [6, 6.07) is 12.4. The van der Waals surface area contributed by atoms with Crippen molar-refractivity contribution >= 4 is 11.3 Å². The fourth-order valence-electron chi connectivity index (χ4n) is 2.72. The first-order chi connectivity index (χ1) is 8.74. The average Bonchev–Trinajstić information content (AvgIpc) is 2.96. The summed E-state index contributed by atoms with van der Waals surface area (Å²) >= 11 is 1.64. The van der Waals surface area contributed by atoms with E-state index in [1.54, 1.807) is 11.3 Å². The molecule has 1 nitrogen and oxygen atoms in total. The molecule has 0 spiro atoms. The van der Waals surface area contributed by atoms with E-state index < -0.39 is 6.10 Å². The topological polar surface area (TPSA) is 20.2 Å². The standard InChI is InChI=1S/C16H20OS/c1-3-16(4-2,14-8-6-5-7-9-14)15(17)13-10-11-18-12-13/h5-12,15,17H,3-4H2,1-2H3. The molecule has 1 aromatic carbocycles. The number of aliphatic hydroxyl groups is 1. The number of rotatable bonds is 5. The zero-order valence-electron chi connectivity index (χ0n) is 11.0. The van der Waals surface area contributed by atoms with Gasteiger partial charge in [-0.05, 0) is 40.8 Å². The Morgan fingerprint density at radius 2 is 1.78 bits per heavy atom. The van der Waals surface area contributed by atoms with Crippen molar-refractivity contribution < 1.29 is 5.11 Å². The van der Waals surface area contributed by atoms with E-state index in [1.165, 1.54) is 5.56 Å². The third kappa shape index (κ3) is 2.23. The molecule has 1 atom stereocenters. The van der Waals surface area contributed by atoms with E-state index in [0.29, 0.717) is 0 Å². The van der Waals surface area contributed by atoms with Gasteiger partial charge in [0.2, 0.25) is 0 Å². The van der Waals surface area contributed by atoms with Gasteiger partial charge in [-0.3, -0.25) is 0 Å². The lowest BCUT2D eigenvalue weighted by molar-refractivity contribution is 0.0731. The molecule has 2 aromatic rings. The van der Waals surface area contributed by atoms with Crippen LogP contribution in [0.3, 0.4) is 0 Å². The second-order valence-corrected chi connectivity index (χ2v) is 5.47. The predicted molar refractivity (Wildman–Crippen MR) is 78.0 cm³/mol. The van der Waals surface area contributed by atoms with Crippen molar-refractivity contribution in [1.82, 2.24) is 0 Å². The van der Waals surface area contributed by atoms with E-state index in [9.17, 15) is 5.11 Å². The molecule has 96 valence electrons. The van der Waals surface area contributed by atoms with E-state index in [4.69, 9.17) is 0 Å². The van der Waals surface area contributed by atoms with Gasteiger partial charge < -0.3 is 5.11 Å². The largest absolute Gasteiger partial charge is 0.387 e. The Morgan fingerprint density at radius 3 is 2.28 bits per heavy atom. The van der Waals surface area contributed by atoms with Crippen molar-refractivity contribution in [2.75, 3.05) is 0 Å². The van der Waals surface area contributed by atoms with Crippen molar-refractivity contribution in [3.8, 4) is 0 Å². The van der Waals surface area contributed by atoms with Gasteiger partial charge in [0, 0.05) is 5.41 Å². The van der Waals surface area contributed by atoms with Crippen molar-refractivity contribution in [2.45, 2.75) is 38.2 Å². The van der Waals surface area contributed by atoms with Gasteiger partial charge in [0.05, 0.1) is 6.10 Å². The van der Waals surface area contributed by atoms with Gasteiger partial charge in [-0.2, -0.15) is 11.3 Å². The highest BCUT2D eigenvalue weighted by atomic mass is 32.1. The summed E-state index contributed by atoms with van der Waals surface area (Å²) in [4.78, 5) is 0. The Morgan fingerprint density at radius 1 is 1.11 bits per heavy atom. The van der Waals surface area contributed by atoms with Crippen LogP contribution < -0.4 is 0 Å². The molecular formula is C16H20OS. The van der Waals surface area contributed by atoms with Crippen LogP contribution in [0.25, 0.3) is 0 Å². The van der Waals surface area contributed by atoms with Gasteiger partial charge in [0.15, 0.2) is 0 Å². The van der Waals surface area contributed by atoms with Crippen LogP contribution in [0.4, 0.5) is 0 Å². The summed E-state index contributed by atoms with van der Waals surface area (Å²) in [6.07, 6.45) is 1.44. The molecule has 0 radical (unpaired) electrons. The Kier molecular flexibility index (Phi) is 4.20. The highest BCUT2D eigenvalue weighted by Gasteiger charge is 2.37. The van der Waals surface area contributed by atoms with Gasteiger partial charge in [0.25, 0.3) is 0 Å². The first kappa shape index (κ1) is 13.3. The van der Waals surface area contributed by atoms with Crippen LogP contribution in [0.2, 0.25) is 0 Å². The van der Waals surface area contributed by atoms with E-state index >= 15 is 0 Å². The number of aliphatic hydroxyl groups excluding tert-OH is 1. The van der Waals surface area contributed by atoms with Crippen molar-refractivity contribution in [3.63, 3.8) is 0 Å². The summed E-state index contributed by atoms with van der Waals surface area (Å²) < 4.78 is 0. The zero-order chi connectivity index (χ0) is 13.0. The lowest BCUT2D eigenvalue weighted by Gasteiger charge is -2.37. The highest BCUT2D eigenvalue weighted by molar-refractivity contribution is 7.07. The third-order valence-corrected chi connectivity index (χ3v) is 4.69. The third-order valence-electron chi connectivity index (χ3n) is 3.99. The molecule has 0 fully saturated rings. The van der Waals surface area contributed by atoms with Crippen LogP contribution in [-0.2, 0) is 5.41 Å². The number of thiophene rings is 1. The van der Waals surface area contributed by atoms with Gasteiger partial charge in [-0.15, -0.1) is 0 Å². The molecular weight excluding hydrogens is 240 g/mol. The molecule has 1 aromatic heterocycles. The second kappa shape index (κ2) is 5.68. The molecule has 1 unspecified atom stereocenters. The molecule has 1 N–H and O–H groups in total. The molecule has 2 heteroatoms. The van der Waals surface area contributed by atoms with Crippen molar-refractivity contribution in [3.05, 3.63) is 58.3 Å². The van der Waals surface area contributed by atoms with Gasteiger partial charge in [-0.25, -0.2) is 0 Å². The van der Waals surface area contributed by atoms with Crippen LogP contribution in [0, 0.1) is 0 Å². The van der Waals surface area contributed by atoms with E-state index in [2.05, 4.69) is 38.1 Å². The SMILES string of the molecule is CCC(CC)(c1ccccc1)C(O)c1ccsc1. The predicted octanol–water partition coefficient (Wildman–Crippen LogP) is 4.54. The minimum atomic E-state index is -0.429. The maximum atomic E-state index is 10.8. The van der Waals surface area contributed by atoms with Crippen LogP contribution in [-0.4, -0.2) is 5.11 Å². The normalized spacial score (nSPS) is 13.5. The quantitative estimate of drug-likeness (QED) is 0.836. The number of hydrogen-bond donors (Lipinski definition) is 1. The number of hydrogen-bond acceptors (Lipinski definition) is 2. The van der Waals surface area contributed by atoms with Crippen molar-refractivity contribution in [1.29, 1.82) is 0 Å². The molecule has 0 aliphatic carbocycles. The Hall–Kier alpha value is -1.12. The molecule has 0 saturated carbocycles. The fraction of sp³-hybridized carbons (Fsp3) is 0.375. The smallest absolute Gasteiger partial charge is 0.0894 e. The average molecular weight is 260 g/mol. The molecule has 0 aliphatic heterocycles. The Balaban J connectivity index is 2.44. The summed E-state index contributed by atoms with van der Waals surface area (Å²) in [5.41, 5.74) is 2.09. The van der Waals surface area contributed by atoms with E-state index in [0.717, 1.165) is 18.4 Å². The van der Waals surface area contributed by atoms with Gasteiger partial charge in [-0.1, -0.05) is 44.2 Å². The molecule has 18 heavy (non-hydrogen) atoms. The number of benzene rings is 1. The van der Waals surface area contributed by atoms with Crippen LogP contribution in [0.15, 0.2) is 47.2 Å². The van der Waals surface area contributed by atoms with Gasteiger partial charge >= 0.3 is 0 Å². The summed E-state index contributed by atoms with van der Waals surface area (Å²) in [5, 5.41) is 14.9. The second-order valence-electron chi connectivity index (χ2n) is 4.69. The molecule has 0 saturated heterocycles. The van der Waals surface area contributed by atoms with Gasteiger partial charge in [0.1, 0.15) is 0 Å². The molecule has 0 aliphatic rings. The van der Waals surface area contributed by atoms with E-state index in [1.807, 2.05) is 22.9 Å². The molecule has 0 bridgehead atoms. The van der Waals surface area contributed by atoms with E-state index in [-0.39, 0.29) is 5.41 Å². The zero-order valence-corrected chi connectivity index (χ0v) is 11.8. The van der Waals surface area contributed by atoms with Crippen LogP contribution in [0.5, 0.6) is 0 Å². The highest BCUT2D eigenvalue weighted by Crippen LogP contribution is 2.43. The van der Waals surface area contributed by atoms with Crippen LogP contribution >= 0.6 is 11.3 Å². The molecule has 0 amide bonds. The monoisotopic (exact) mass is 260 g/mol. The summed E-state index contributed by atoms with van der Waals surface area (Å²) in [5.74, 6) is 0. The maximum Gasteiger partial charge on any atom is 0.0894 e. The molecule has 1 heterocycles.